The van der Waals surface area contributed by atoms with Crippen molar-refractivity contribution in [1.82, 2.24) is 20.1 Å². The van der Waals surface area contributed by atoms with Crippen LogP contribution in [0.3, 0.4) is 0 Å². The molecule has 96 valence electrons. The van der Waals surface area contributed by atoms with Crippen molar-refractivity contribution in [3.63, 3.8) is 0 Å². The SMILES string of the molecule is CNC(Cc1cc(C)nn1C)c1cncc(Br)c1. The van der Waals surface area contributed by atoms with Crippen LogP contribution < -0.4 is 5.32 Å². The summed E-state index contributed by atoms with van der Waals surface area (Å²) < 4.78 is 2.94. The number of pyridine rings is 1. The highest BCUT2D eigenvalue weighted by atomic mass is 79.9. The van der Waals surface area contributed by atoms with Crippen molar-refractivity contribution in [2.45, 2.75) is 19.4 Å². The Morgan fingerprint density at radius 3 is 2.72 bits per heavy atom. The van der Waals surface area contributed by atoms with Gasteiger partial charge in [-0.1, -0.05) is 0 Å². The Labute approximate surface area is 116 Å². The smallest absolute Gasteiger partial charge is 0.0596 e. The largest absolute Gasteiger partial charge is 0.313 e. The van der Waals surface area contributed by atoms with Crippen molar-refractivity contribution in [1.29, 1.82) is 0 Å². The van der Waals surface area contributed by atoms with E-state index in [1.807, 2.05) is 31.9 Å². The second-order valence-corrected chi connectivity index (χ2v) is 5.30. The molecule has 4 nitrogen and oxygen atoms in total. The van der Waals surface area contributed by atoms with Crippen LogP contribution in [0.25, 0.3) is 0 Å². The zero-order chi connectivity index (χ0) is 13.1. The van der Waals surface area contributed by atoms with Crippen molar-refractivity contribution >= 4 is 15.9 Å². The normalized spacial score (nSPS) is 12.7. The van der Waals surface area contributed by atoms with E-state index < -0.39 is 0 Å². The first-order valence-corrected chi connectivity index (χ1v) is 6.66. The van der Waals surface area contributed by atoms with Gasteiger partial charge in [-0.25, -0.2) is 0 Å². The van der Waals surface area contributed by atoms with Gasteiger partial charge in [0, 0.05) is 42.1 Å². The third-order valence-electron chi connectivity index (χ3n) is 2.99. The number of likely N-dealkylation sites (N-methyl/N-ethyl adjacent to an activating group) is 1. The van der Waals surface area contributed by atoms with E-state index in [1.165, 1.54) is 11.3 Å². The van der Waals surface area contributed by atoms with Crippen LogP contribution in [0, 0.1) is 6.92 Å². The fraction of sp³-hybridized carbons (Fsp3) is 0.385. The second-order valence-electron chi connectivity index (χ2n) is 4.38. The summed E-state index contributed by atoms with van der Waals surface area (Å²) in [6, 6.07) is 4.46. The Hall–Kier alpha value is -1.20. The molecule has 1 N–H and O–H groups in total. The highest BCUT2D eigenvalue weighted by Crippen LogP contribution is 2.20. The van der Waals surface area contributed by atoms with E-state index in [9.17, 15) is 0 Å². The summed E-state index contributed by atoms with van der Waals surface area (Å²) in [6.07, 6.45) is 4.59. The summed E-state index contributed by atoms with van der Waals surface area (Å²) in [5.41, 5.74) is 3.44. The van der Waals surface area contributed by atoms with Crippen molar-refractivity contribution in [2.24, 2.45) is 7.05 Å². The van der Waals surface area contributed by atoms with E-state index in [0.29, 0.717) is 0 Å². The molecule has 0 aliphatic carbocycles. The van der Waals surface area contributed by atoms with Crippen LogP contribution in [0.1, 0.15) is 23.0 Å². The Balaban J connectivity index is 2.22. The summed E-state index contributed by atoms with van der Waals surface area (Å²) in [7, 11) is 3.95. The van der Waals surface area contributed by atoms with Crippen LogP contribution >= 0.6 is 15.9 Å². The van der Waals surface area contributed by atoms with E-state index >= 15 is 0 Å². The third kappa shape index (κ3) is 2.97. The van der Waals surface area contributed by atoms with Gasteiger partial charge in [0.15, 0.2) is 0 Å². The molecule has 0 spiro atoms. The molecule has 2 rings (SSSR count). The quantitative estimate of drug-likeness (QED) is 0.943. The first kappa shape index (κ1) is 13.2. The minimum absolute atomic E-state index is 0.241. The maximum Gasteiger partial charge on any atom is 0.0596 e. The number of halogens is 1. The minimum atomic E-state index is 0.241. The van der Waals surface area contributed by atoms with Gasteiger partial charge in [0.25, 0.3) is 0 Å². The predicted octanol–water partition coefficient (Wildman–Crippen LogP) is 2.39. The van der Waals surface area contributed by atoms with Crippen LogP contribution in [-0.2, 0) is 13.5 Å². The summed E-state index contributed by atoms with van der Waals surface area (Å²) in [5, 5.41) is 7.70. The molecule has 2 heterocycles. The molecule has 0 saturated carbocycles. The second kappa shape index (κ2) is 5.63. The number of nitrogens with zero attached hydrogens (tertiary/aromatic N) is 3. The van der Waals surface area contributed by atoms with Crippen LogP contribution in [-0.4, -0.2) is 21.8 Å². The van der Waals surface area contributed by atoms with Gasteiger partial charge >= 0.3 is 0 Å². The van der Waals surface area contributed by atoms with E-state index in [0.717, 1.165) is 16.6 Å². The Bertz CT molecular complexity index is 536. The summed E-state index contributed by atoms with van der Waals surface area (Å²) in [5.74, 6) is 0. The first-order chi connectivity index (χ1) is 8.60. The number of hydrogen-bond donors (Lipinski definition) is 1. The molecule has 0 aromatic carbocycles. The van der Waals surface area contributed by atoms with Crippen LogP contribution in [0.4, 0.5) is 0 Å². The zero-order valence-electron chi connectivity index (χ0n) is 10.8. The van der Waals surface area contributed by atoms with Crippen molar-refractivity contribution in [3.8, 4) is 0 Å². The van der Waals surface area contributed by atoms with E-state index in [2.05, 4.69) is 43.5 Å². The van der Waals surface area contributed by atoms with Gasteiger partial charge in [0.05, 0.1) is 5.69 Å². The van der Waals surface area contributed by atoms with E-state index in [-0.39, 0.29) is 6.04 Å². The molecule has 0 aliphatic rings. The van der Waals surface area contributed by atoms with Gasteiger partial charge < -0.3 is 5.32 Å². The van der Waals surface area contributed by atoms with E-state index in [1.54, 1.807) is 6.20 Å². The topological polar surface area (TPSA) is 42.7 Å². The van der Waals surface area contributed by atoms with Crippen LogP contribution in [0.2, 0.25) is 0 Å². The summed E-state index contributed by atoms with van der Waals surface area (Å²) in [4.78, 5) is 4.21. The maximum absolute atomic E-state index is 4.37. The molecule has 2 aromatic heterocycles. The molecule has 0 radical (unpaired) electrons. The molecule has 18 heavy (non-hydrogen) atoms. The fourth-order valence-electron chi connectivity index (χ4n) is 2.07. The molecule has 0 aliphatic heterocycles. The molecule has 1 atom stereocenters. The molecular weight excluding hydrogens is 292 g/mol. The Kier molecular flexibility index (Phi) is 4.14. The zero-order valence-corrected chi connectivity index (χ0v) is 12.4. The molecule has 5 heteroatoms. The van der Waals surface area contributed by atoms with Crippen molar-refractivity contribution in [3.05, 3.63) is 46.0 Å². The van der Waals surface area contributed by atoms with Gasteiger partial charge in [-0.15, -0.1) is 0 Å². The third-order valence-corrected chi connectivity index (χ3v) is 3.42. The standard InChI is InChI=1S/C13H17BrN4/c1-9-4-12(18(3)17-9)6-13(15-2)10-5-11(14)8-16-7-10/h4-5,7-8,13,15H,6H2,1-3H3. The predicted molar refractivity (Wildman–Crippen MR) is 75.4 cm³/mol. The average molecular weight is 309 g/mol. The monoisotopic (exact) mass is 308 g/mol. The lowest BCUT2D eigenvalue weighted by atomic mass is 10.0. The van der Waals surface area contributed by atoms with Crippen LogP contribution in [0.5, 0.6) is 0 Å². The van der Waals surface area contributed by atoms with Gasteiger partial charge in [0.2, 0.25) is 0 Å². The summed E-state index contributed by atoms with van der Waals surface area (Å²) >= 11 is 3.46. The molecular formula is C13H17BrN4. The van der Waals surface area contributed by atoms with E-state index in [4.69, 9.17) is 0 Å². The lowest BCUT2D eigenvalue weighted by Gasteiger charge is -2.16. The fourth-order valence-corrected chi connectivity index (χ4v) is 2.45. The lowest BCUT2D eigenvalue weighted by Crippen LogP contribution is -2.20. The minimum Gasteiger partial charge on any atom is -0.313 e. The molecule has 0 bridgehead atoms. The lowest BCUT2D eigenvalue weighted by molar-refractivity contribution is 0.559. The van der Waals surface area contributed by atoms with Gasteiger partial charge in [-0.05, 0) is 47.6 Å². The first-order valence-electron chi connectivity index (χ1n) is 5.87. The molecule has 1 unspecified atom stereocenters. The molecule has 2 aromatic rings. The molecule has 0 saturated heterocycles. The molecule has 0 fully saturated rings. The maximum atomic E-state index is 4.37. The number of rotatable bonds is 4. The highest BCUT2D eigenvalue weighted by Gasteiger charge is 2.13. The van der Waals surface area contributed by atoms with Gasteiger partial charge in [-0.2, -0.15) is 5.10 Å². The highest BCUT2D eigenvalue weighted by molar-refractivity contribution is 9.10. The van der Waals surface area contributed by atoms with Gasteiger partial charge in [0.1, 0.15) is 0 Å². The average Bonchev–Trinajstić information content (AvgIpc) is 2.64. The number of aromatic nitrogens is 3. The number of aryl methyl sites for hydroxylation is 2. The van der Waals surface area contributed by atoms with Crippen molar-refractivity contribution < 1.29 is 0 Å². The van der Waals surface area contributed by atoms with Crippen molar-refractivity contribution in [2.75, 3.05) is 7.05 Å². The summed E-state index contributed by atoms with van der Waals surface area (Å²) in [6.45, 7) is 2.01. The number of hydrogen-bond acceptors (Lipinski definition) is 3. The van der Waals surface area contributed by atoms with Crippen LogP contribution in [0.15, 0.2) is 29.0 Å². The Morgan fingerprint density at radius 1 is 1.39 bits per heavy atom. The Morgan fingerprint density at radius 2 is 2.17 bits per heavy atom. The number of nitrogens with one attached hydrogen (secondary N) is 1. The van der Waals surface area contributed by atoms with Gasteiger partial charge in [-0.3, -0.25) is 9.67 Å². The molecule has 0 amide bonds.